The molecular formula is C17H17Cl2N5. The van der Waals surface area contributed by atoms with Gasteiger partial charge in [-0.1, -0.05) is 23.2 Å². The molecule has 0 saturated heterocycles. The van der Waals surface area contributed by atoms with Gasteiger partial charge in [0.1, 0.15) is 11.6 Å². The van der Waals surface area contributed by atoms with E-state index in [0.29, 0.717) is 15.9 Å². The van der Waals surface area contributed by atoms with Crippen LogP contribution in [0.1, 0.15) is 18.8 Å². The van der Waals surface area contributed by atoms with Gasteiger partial charge < -0.3 is 4.98 Å². The highest BCUT2D eigenvalue weighted by molar-refractivity contribution is 6.36. The lowest BCUT2D eigenvalue weighted by atomic mass is 10.1. The molecule has 3 aromatic rings. The number of imidazole rings is 1. The minimum Gasteiger partial charge on any atom is -0.345 e. The molecule has 0 aliphatic carbocycles. The van der Waals surface area contributed by atoms with Gasteiger partial charge >= 0.3 is 0 Å². The molecule has 0 fully saturated rings. The summed E-state index contributed by atoms with van der Waals surface area (Å²) in [4.78, 5) is 18.7. The number of hydrogen-bond donors (Lipinski definition) is 1. The van der Waals surface area contributed by atoms with E-state index >= 15 is 0 Å². The van der Waals surface area contributed by atoms with Crippen LogP contribution in [0.4, 0.5) is 0 Å². The SMILES string of the molecule is CC(c1ncc(-c2ncc[nH]2)c(-c2ccc(Cl)cc2Cl)n1)N(C)C. The molecule has 2 aromatic heterocycles. The predicted molar refractivity (Wildman–Crippen MR) is 97.2 cm³/mol. The van der Waals surface area contributed by atoms with Crippen molar-refractivity contribution < 1.29 is 0 Å². The molecular weight excluding hydrogens is 345 g/mol. The number of H-pyrrole nitrogens is 1. The summed E-state index contributed by atoms with van der Waals surface area (Å²) >= 11 is 12.4. The van der Waals surface area contributed by atoms with Crippen LogP contribution in [-0.4, -0.2) is 38.9 Å². The number of nitrogens with one attached hydrogen (secondary N) is 1. The third-order valence-corrected chi connectivity index (χ3v) is 4.44. The van der Waals surface area contributed by atoms with Crippen molar-refractivity contribution in [1.29, 1.82) is 0 Å². The monoisotopic (exact) mass is 361 g/mol. The fraction of sp³-hybridized carbons (Fsp3) is 0.235. The number of aromatic nitrogens is 4. The van der Waals surface area contributed by atoms with Crippen molar-refractivity contribution in [2.45, 2.75) is 13.0 Å². The molecule has 0 aliphatic rings. The smallest absolute Gasteiger partial charge is 0.145 e. The van der Waals surface area contributed by atoms with Crippen LogP contribution in [-0.2, 0) is 0 Å². The van der Waals surface area contributed by atoms with E-state index in [0.717, 1.165) is 22.6 Å². The van der Waals surface area contributed by atoms with Crippen LogP contribution in [0.5, 0.6) is 0 Å². The highest BCUT2D eigenvalue weighted by Crippen LogP contribution is 2.35. The Morgan fingerprint density at radius 3 is 2.54 bits per heavy atom. The fourth-order valence-corrected chi connectivity index (χ4v) is 2.80. The van der Waals surface area contributed by atoms with E-state index in [4.69, 9.17) is 28.2 Å². The van der Waals surface area contributed by atoms with Crippen molar-refractivity contribution in [2.24, 2.45) is 0 Å². The van der Waals surface area contributed by atoms with Crippen LogP contribution in [0.2, 0.25) is 10.0 Å². The van der Waals surface area contributed by atoms with Gasteiger partial charge in [0.15, 0.2) is 0 Å². The Kier molecular flexibility index (Phi) is 4.85. The summed E-state index contributed by atoms with van der Waals surface area (Å²) in [5.41, 5.74) is 2.31. The van der Waals surface area contributed by atoms with Crippen molar-refractivity contribution in [3.05, 3.63) is 52.7 Å². The van der Waals surface area contributed by atoms with Gasteiger partial charge in [0.25, 0.3) is 0 Å². The molecule has 0 bridgehead atoms. The van der Waals surface area contributed by atoms with E-state index in [1.165, 1.54) is 0 Å². The van der Waals surface area contributed by atoms with E-state index in [1.54, 1.807) is 30.7 Å². The van der Waals surface area contributed by atoms with Gasteiger partial charge in [-0.3, -0.25) is 4.90 Å². The topological polar surface area (TPSA) is 57.7 Å². The van der Waals surface area contributed by atoms with E-state index in [-0.39, 0.29) is 6.04 Å². The number of aromatic amines is 1. The van der Waals surface area contributed by atoms with Crippen LogP contribution < -0.4 is 0 Å². The highest BCUT2D eigenvalue weighted by atomic mass is 35.5. The molecule has 2 heterocycles. The summed E-state index contributed by atoms with van der Waals surface area (Å²) in [6.45, 7) is 2.05. The van der Waals surface area contributed by atoms with Crippen LogP contribution in [0.15, 0.2) is 36.8 Å². The summed E-state index contributed by atoms with van der Waals surface area (Å²) in [5, 5.41) is 1.12. The zero-order chi connectivity index (χ0) is 17.3. The summed E-state index contributed by atoms with van der Waals surface area (Å²) in [7, 11) is 3.98. The Bertz CT molecular complexity index is 846. The first-order valence-electron chi connectivity index (χ1n) is 7.46. The standard InChI is InChI=1S/C17H17Cl2N5/c1-10(24(2)3)16-22-9-13(17-20-6-7-21-17)15(23-16)12-5-4-11(18)8-14(12)19/h4-10H,1-3H3,(H,20,21). The van der Waals surface area contributed by atoms with Gasteiger partial charge in [-0.25, -0.2) is 15.0 Å². The molecule has 0 saturated carbocycles. The van der Waals surface area contributed by atoms with Crippen LogP contribution in [0, 0.1) is 0 Å². The third kappa shape index (κ3) is 3.29. The minimum absolute atomic E-state index is 0.0699. The van der Waals surface area contributed by atoms with Crippen molar-refractivity contribution in [1.82, 2.24) is 24.8 Å². The molecule has 5 nitrogen and oxygen atoms in total. The van der Waals surface area contributed by atoms with Crippen molar-refractivity contribution in [3.63, 3.8) is 0 Å². The van der Waals surface area contributed by atoms with E-state index < -0.39 is 0 Å². The predicted octanol–water partition coefficient (Wildman–Crippen LogP) is 4.46. The second kappa shape index (κ2) is 6.89. The normalized spacial score (nSPS) is 12.6. The quantitative estimate of drug-likeness (QED) is 0.744. The largest absolute Gasteiger partial charge is 0.345 e. The van der Waals surface area contributed by atoms with Crippen molar-refractivity contribution >= 4 is 23.2 Å². The van der Waals surface area contributed by atoms with Crippen LogP contribution >= 0.6 is 23.2 Å². The first kappa shape index (κ1) is 16.9. The molecule has 24 heavy (non-hydrogen) atoms. The molecule has 0 aliphatic heterocycles. The molecule has 3 rings (SSSR count). The first-order valence-corrected chi connectivity index (χ1v) is 8.21. The Hall–Kier alpha value is -1.95. The summed E-state index contributed by atoms with van der Waals surface area (Å²) in [6.07, 6.45) is 5.24. The molecule has 124 valence electrons. The Balaban J connectivity index is 2.21. The van der Waals surface area contributed by atoms with Gasteiger partial charge in [0, 0.05) is 29.2 Å². The molecule has 1 N–H and O–H groups in total. The van der Waals surface area contributed by atoms with E-state index in [1.807, 2.05) is 20.2 Å². The van der Waals surface area contributed by atoms with Crippen LogP contribution in [0.25, 0.3) is 22.6 Å². The van der Waals surface area contributed by atoms with E-state index in [9.17, 15) is 0 Å². The maximum atomic E-state index is 6.41. The Morgan fingerprint density at radius 2 is 1.92 bits per heavy atom. The fourth-order valence-electron chi connectivity index (χ4n) is 2.30. The lowest BCUT2D eigenvalue weighted by Crippen LogP contribution is -2.19. The van der Waals surface area contributed by atoms with Gasteiger partial charge in [-0.2, -0.15) is 0 Å². The van der Waals surface area contributed by atoms with Gasteiger partial charge in [0.2, 0.25) is 0 Å². The molecule has 7 heteroatoms. The zero-order valence-corrected chi connectivity index (χ0v) is 15.1. The molecule has 0 amide bonds. The maximum Gasteiger partial charge on any atom is 0.145 e. The number of halogens is 2. The minimum atomic E-state index is 0.0699. The Labute approximate surface area is 150 Å². The first-order chi connectivity index (χ1) is 11.5. The lowest BCUT2D eigenvalue weighted by Gasteiger charge is -2.19. The second-order valence-electron chi connectivity index (χ2n) is 5.69. The van der Waals surface area contributed by atoms with Gasteiger partial charge in [-0.15, -0.1) is 0 Å². The molecule has 1 aromatic carbocycles. The molecule has 1 atom stereocenters. The summed E-state index contributed by atoms with van der Waals surface area (Å²) in [6, 6.07) is 5.44. The third-order valence-electron chi connectivity index (χ3n) is 3.90. The molecule has 0 radical (unpaired) electrons. The number of benzene rings is 1. The average Bonchev–Trinajstić information content (AvgIpc) is 3.08. The Morgan fingerprint density at radius 1 is 1.12 bits per heavy atom. The summed E-state index contributed by atoms with van der Waals surface area (Å²) < 4.78 is 0. The highest BCUT2D eigenvalue weighted by Gasteiger charge is 2.19. The number of hydrogen-bond acceptors (Lipinski definition) is 4. The van der Waals surface area contributed by atoms with E-state index in [2.05, 4.69) is 26.8 Å². The van der Waals surface area contributed by atoms with Crippen LogP contribution in [0.3, 0.4) is 0 Å². The van der Waals surface area contributed by atoms with Crippen molar-refractivity contribution in [3.8, 4) is 22.6 Å². The number of nitrogens with zero attached hydrogens (tertiary/aromatic N) is 4. The lowest BCUT2D eigenvalue weighted by molar-refractivity contribution is 0.309. The van der Waals surface area contributed by atoms with Gasteiger partial charge in [-0.05, 0) is 39.2 Å². The van der Waals surface area contributed by atoms with Crippen molar-refractivity contribution in [2.75, 3.05) is 14.1 Å². The molecule has 0 spiro atoms. The van der Waals surface area contributed by atoms with Gasteiger partial charge in [0.05, 0.1) is 22.3 Å². The average molecular weight is 362 g/mol. The number of rotatable bonds is 4. The second-order valence-corrected chi connectivity index (χ2v) is 6.54. The molecule has 1 unspecified atom stereocenters. The summed E-state index contributed by atoms with van der Waals surface area (Å²) in [5.74, 6) is 1.41. The maximum absolute atomic E-state index is 6.41. The zero-order valence-electron chi connectivity index (χ0n) is 13.6.